The lowest BCUT2D eigenvalue weighted by molar-refractivity contribution is 0.971. The fourth-order valence-corrected chi connectivity index (χ4v) is 0.129. The Morgan fingerprint density at radius 3 is 2.40 bits per heavy atom. The summed E-state index contributed by atoms with van der Waals surface area (Å²) in [5.41, 5.74) is 2.26. The molecule has 0 amide bonds. The summed E-state index contributed by atoms with van der Waals surface area (Å²) in [6, 6.07) is 0. The topological polar surface area (TPSA) is 38.0 Å². The highest BCUT2D eigenvalue weighted by molar-refractivity contribution is 7.83. The second-order valence-corrected chi connectivity index (χ2v) is 0.781. The van der Waals surface area contributed by atoms with Gasteiger partial charge in [-0.1, -0.05) is 0 Å². The van der Waals surface area contributed by atoms with Crippen LogP contribution in [0.5, 0.6) is 0 Å². The highest BCUT2D eigenvalue weighted by Gasteiger charge is 1.45. The zero-order valence-electron chi connectivity index (χ0n) is 2.68. The summed E-state index contributed by atoms with van der Waals surface area (Å²) in [4.78, 5) is 0. The zero-order chi connectivity index (χ0) is 4.12. The minimum atomic E-state index is 1.51. The minimum absolute atomic E-state index is 1.51. The maximum atomic E-state index is 4.75. The molecule has 0 aliphatic carbocycles. The van der Waals surface area contributed by atoms with Crippen molar-refractivity contribution in [1.29, 1.82) is 0 Å². The van der Waals surface area contributed by atoms with Crippen molar-refractivity contribution in [3.05, 3.63) is 11.6 Å². The van der Waals surface area contributed by atoms with Crippen LogP contribution < -0.4 is 11.3 Å². The molecule has 3 heteroatoms. The van der Waals surface area contributed by atoms with Crippen LogP contribution >= 0.6 is 12.6 Å². The van der Waals surface area contributed by atoms with Gasteiger partial charge in [0.1, 0.15) is 0 Å². The fraction of sp³-hybridized carbons (Fsp3) is 0. The van der Waals surface area contributed by atoms with Crippen molar-refractivity contribution in [3.8, 4) is 0 Å². The predicted molar refractivity (Wildman–Crippen MR) is 25.4 cm³/mol. The molecule has 2 nitrogen and oxygen atoms in total. The number of nitrogens with two attached hydrogens (primary N) is 1. The Balaban J connectivity index is 2.62. The molecule has 0 saturated heterocycles. The van der Waals surface area contributed by atoms with Crippen LogP contribution in [0, 0.1) is 0 Å². The van der Waals surface area contributed by atoms with Crippen LogP contribution in [-0.4, -0.2) is 0 Å². The monoisotopic (exact) mass is 90.0 g/mol. The second-order valence-electron chi connectivity index (χ2n) is 0.482. The van der Waals surface area contributed by atoms with Crippen molar-refractivity contribution < 1.29 is 0 Å². The first-order valence-electron chi connectivity index (χ1n) is 1.17. The number of rotatable bonds is 1. The SMILES string of the molecule is NN/C=C\S. The number of hydrogen-bond acceptors (Lipinski definition) is 3. The zero-order valence-corrected chi connectivity index (χ0v) is 3.57. The van der Waals surface area contributed by atoms with Crippen LogP contribution in [0.3, 0.4) is 0 Å². The molecule has 0 bridgehead atoms. The molecule has 0 heterocycles. The Hall–Kier alpha value is -0.150. The molecule has 0 aromatic rings. The summed E-state index contributed by atoms with van der Waals surface area (Å²) >= 11 is 3.68. The summed E-state index contributed by atoms with van der Waals surface area (Å²) < 4.78 is 0. The summed E-state index contributed by atoms with van der Waals surface area (Å²) in [5, 5.41) is 1.51. The van der Waals surface area contributed by atoms with Crippen LogP contribution in [-0.2, 0) is 0 Å². The Labute approximate surface area is 36.4 Å². The normalized spacial score (nSPS) is 9.20. The van der Waals surface area contributed by atoms with Gasteiger partial charge in [-0.15, -0.1) is 12.6 Å². The summed E-state index contributed by atoms with van der Waals surface area (Å²) in [6.45, 7) is 0. The molecule has 0 radical (unpaired) electrons. The molecule has 0 unspecified atom stereocenters. The average Bonchev–Trinajstić information content (AvgIpc) is 1.41. The number of nitrogens with one attached hydrogen (secondary N) is 1. The molecule has 0 spiro atoms. The number of hydrazine groups is 1. The maximum Gasteiger partial charge on any atom is 0.0183 e. The molecule has 0 saturated carbocycles. The molecular weight excluding hydrogens is 84.1 g/mol. The molecule has 0 atom stereocenters. The van der Waals surface area contributed by atoms with Crippen LogP contribution in [0.4, 0.5) is 0 Å². The molecule has 5 heavy (non-hydrogen) atoms. The molecule has 3 N–H and O–H groups in total. The van der Waals surface area contributed by atoms with Crippen molar-refractivity contribution >= 4 is 12.6 Å². The smallest absolute Gasteiger partial charge is 0.0183 e. The molecule has 0 aromatic heterocycles. The van der Waals surface area contributed by atoms with Gasteiger partial charge >= 0.3 is 0 Å². The minimum Gasteiger partial charge on any atom is -0.331 e. The molecule has 0 aliphatic rings. The van der Waals surface area contributed by atoms with Crippen molar-refractivity contribution in [2.75, 3.05) is 0 Å². The fourth-order valence-electron chi connectivity index (χ4n) is 0.0430. The van der Waals surface area contributed by atoms with Gasteiger partial charge in [-0.05, 0) is 5.41 Å². The van der Waals surface area contributed by atoms with E-state index in [1.165, 1.54) is 11.6 Å². The van der Waals surface area contributed by atoms with Gasteiger partial charge in [-0.25, -0.2) is 0 Å². The largest absolute Gasteiger partial charge is 0.331 e. The van der Waals surface area contributed by atoms with Crippen molar-refractivity contribution in [3.63, 3.8) is 0 Å². The van der Waals surface area contributed by atoms with Crippen molar-refractivity contribution in [1.82, 2.24) is 5.43 Å². The van der Waals surface area contributed by atoms with Crippen LogP contribution in [0.2, 0.25) is 0 Å². The molecule has 0 rings (SSSR count). The predicted octanol–water partition coefficient (Wildman–Crippen LogP) is -0.149. The van der Waals surface area contributed by atoms with Crippen molar-refractivity contribution in [2.24, 2.45) is 5.84 Å². The highest BCUT2D eigenvalue weighted by atomic mass is 32.1. The first-order chi connectivity index (χ1) is 2.41. The Morgan fingerprint density at radius 2 is 2.40 bits per heavy atom. The van der Waals surface area contributed by atoms with Gasteiger partial charge in [0.15, 0.2) is 0 Å². The van der Waals surface area contributed by atoms with Crippen LogP contribution in [0.1, 0.15) is 0 Å². The molecular formula is C2H6N2S. The number of hydrogen-bond donors (Lipinski definition) is 3. The third-order valence-corrected chi connectivity index (χ3v) is 0.320. The lowest BCUT2D eigenvalue weighted by Crippen LogP contribution is -2.12. The molecule has 0 aliphatic heterocycles. The molecule has 0 aromatic carbocycles. The highest BCUT2D eigenvalue weighted by Crippen LogP contribution is 1.65. The standard InChI is InChI=1S/C2H6N2S/c3-4-1-2-5/h1-2,4-5H,3H2/b2-1-. The van der Waals surface area contributed by atoms with E-state index >= 15 is 0 Å². The summed E-state index contributed by atoms with van der Waals surface area (Å²) in [6.07, 6.45) is 1.52. The summed E-state index contributed by atoms with van der Waals surface area (Å²) in [7, 11) is 0. The lowest BCUT2D eigenvalue weighted by Gasteiger charge is -1.75. The van der Waals surface area contributed by atoms with E-state index in [1.807, 2.05) is 0 Å². The quantitative estimate of drug-likeness (QED) is 0.238. The van der Waals surface area contributed by atoms with Crippen LogP contribution in [0.15, 0.2) is 11.6 Å². The van der Waals surface area contributed by atoms with Crippen LogP contribution in [0.25, 0.3) is 0 Å². The first-order valence-corrected chi connectivity index (χ1v) is 1.69. The average molecular weight is 90.2 g/mol. The van der Waals surface area contributed by atoms with Gasteiger partial charge in [0.05, 0.1) is 0 Å². The van der Waals surface area contributed by atoms with Crippen molar-refractivity contribution in [2.45, 2.75) is 0 Å². The van der Waals surface area contributed by atoms with E-state index in [2.05, 4.69) is 18.1 Å². The van der Waals surface area contributed by atoms with E-state index in [-0.39, 0.29) is 0 Å². The van der Waals surface area contributed by atoms with Gasteiger partial charge in [0, 0.05) is 6.20 Å². The summed E-state index contributed by atoms with van der Waals surface area (Å²) in [5.74, 6) is 4.75. The van der Waals surface area contributed by atoms with E-state index in [0.29, 0.717) is 0 Å². The Kier molecular flexibility index (Phi) is 3.73. The van der Waals surface area contributed by atoms with Gasteiger partial charge < -0.3 is 5.43 Å². The van der Waals surface area contributed by atoms with E-state index in [0.717, 1.165) is 0 Å². The van der Waals surface area contributed by atoms with Gasteiger partial charge in [-0.3, -0.25) is 5.84 Å². The third kappa shape index (κ3) is 3.85. The maximum absolute atomic E-state index is 4.75. The third-order valence-electron chi connectivity index (χ3n) is 0.171. The van der Waals surface area contributed by atoms with Gasteiger partial charge in [0.25, 0.3) is 0 Å². The lowest BCUT2D eigenvalue weighted by atomic mass is 11.1. The van der Waals surface area contributed by atoms with E-state index < -0.39 is 0 Å². The van der Waals surface area contributed by atoms with Gasteiger partial charge in [0.2, 0.25) is 0 Å². The molecule has 0 fully saturated rings. The molecule has 30 valence electrons. The van der Waals surface area contributed by atoms with E-state index in [1.54, 1.807) is 0 Å². The second kappa shape index (κ2) is 3.85. The van der Waals surface area contributed by atoms with E-state index in [4.69, 9.17) is 5.84 Å². The number of thiol groups is 1. The first kappa shape index (κ1) is 4.85. The van der Waals surface area contributed by atoms with E-state index in [9.17, 15) is 0 Å². The Morgan fingerprint density at radius 1 is 1.80 bits per heavy atom. The van der Waals surface area contributed by atoms with Gasteiger partial charge in [-0.2, -0.15) is 0 Å². The Bertz CT molecular complexity index is 34.6.